The summed E-state index contributed by atoms with van der Waals surface area (Å²) in [5, 5.41) is 14.3. The molecule has 0 saturated carbocycles. The highest BCUT2D eigenvalue weighted by molar-refractivity contribution is 9.10. The molecule has 1 aromatic rings. The number of halogens is 1. The van der Waals surface area contributed by atoms with Gasteiger partial charge in [0, 0.05) is 41.5 Å². The summed E-state index contributed by atoms with van der Waals surface area (Å²) < 4.78 is 6.12. The molecule has 1 aliphatic rings. The van der Waals surface area contributed by atoms with Gasteiger partial charge in [0.1, 0.15) is 0 Å². The molecular weight excluding hydrogens is 324 g/mol. The lowest BCUT2D eigenvalue weighted by Gasteiger charge is -2.34. The lowest BCUT2D eigenvalue weighted by Crippen LogP contribution is -2.33. The maximum Gasteiger partial charge on any atom is 0.273 e. The van der Waals surface area contributed by atoms with Crippen molar-refractivity contribution in [2.45, 2.75) is 26.7 Å². The first-order valence-corrected chi connectivity index (χ1v) is 7.47. The Morgan fingerprint density at radius 2 is 2.10 bits per heavy atom. The van der Waals surface area contributed by atoms with Gasteiger partial charge in [0.2, 0.25) is 0 Å². The number of nitro benzene ring substituents is 1. The maximum absolute atomic E-state index is 10.9. The van der Waals surface area contributed by atoms with Crippen molar-refractivity contribution in [3.63, 3.8) is 0 Å². The minimum Gasteiger partial charge on any atom is -0.384 e. The molecule has 1 fully saturated rings. The first-order valence-electron chi connectivity index (χ1n) is 6.67. The summed E-state index contributed by atoms with van der Waals surface area (Å²) in [7, 11) is 0. The number of hydrogen-bond acceptors (Lipinski definition) is 4. The summed E-state index contributed by atoms with van der Waals surface area (Å²) in [6.45, 7) is 6.45. The van der Waals surface area contributed by atoms with E-state index in [0.717, 1.165) is 42.8 Å². The zero-order valence-electron chi connectivity index (χ0n) is 11.7. The standard InChI is InChI=1S/C14H19BrN2O3/c1-10-7-12(11(15)8-13(10)17(18)19)16-9-14(2)3-5-20-6-4-14/h7-8,16H,3-6,9H2,1-2H3. The molecule has 0 unspecified atom stereocenters. The van der Waals surface area contributed by atoms with Crippen LogP contribution in [0.2, 0.25) is 0 Å². The quantitative estimate of drug-likeness (QED) is 0.665. The van der Waals surface area contributed by atoms with Crippen LogP contribution in [-0.2, 0) is 4.74 Å². The Morgan fingerprint density at radius 3 is 2.70 bits per heavy atom. The fourth-order valence-corrected chi connectivity index (χ4v) is 2.82. The van der Waals surface area contributed by atoms with Crippen molar-refractivity contribution in [2.75, 3.05) is 25.1 Å². The summed E-state index contributed by atoms with van der Waals surface area (Å²) in [6.07, 6.45) is 2.06. The largest absolute Gasteiger partial charge is 0.384 e. The predicted molar refractivity (Wildman–Crippen MR) is 82.2 cm³/mol. The number of anilines is 1. The van der Waals surface area contributed by atoms with Crippen molar-refractivity contribution in [3.8, 4) is 0 Å². The molecule has 110 valence electrons. The molecule has 0 aromatic heterocycles. The summed E-state index contributed by atoms with van der Waals surface area (Å²) in [4.78, 5) is 10.5. The molecule has 20 heavy (non-hydrogen) atoms. The van der Waals surface area contributed by atoms with Crippen LogP contribution in [0.1, 0.15) is 25.3 Å². The van der Waals surface area contributed by atoms with E-state index in [1.807, 2.05) is 6.07 Å². The third kappa shape index (κ3) is 3.49. The number of ether oxygens (including phenoxy) is 1. The Morgan fingerprint density at radius 1 is 1.45 bits per heavy atom. The van der Waals surface area contributed by atoms with E-state index in [4.69, 9.17) is 4.74 Å². The zero-order chi connectivity index (χ0) is 14.8. The number of nitrogens with one attached hydrogen (secondary N) is 1. The summed E-state index contributed by atoms with van der Waals surface area (Å²) in [5.41, 5.74) is 1.92. The van der Waals surface area contributed by atoms with Crippen molar-refractivity contribution in [1.29, 1.82) is 0 Å². The zero-order valence-corrected chi connectivity index (χ0v) is 13.3. The minimum absolute atomic E-state index is 0.139. The highest BCUT2D eigenvalue weighted by Gasteiger charge is 2.27. The number of benzene rings is 1. The molecule has 2 rings (SSSR count). The average molecular weight is 343 g/mol. The van der Waals surface area contributed by atoms with Gasteiger partial charge in [-0.25, -0.2) is 0 Å². The van der Waals surface area contributed by atoms with Gasteiger partial charge in [0.25, 0.3) is 5.69 Å². The SMILES string of the molecule is Cc1cc(NCC2(C)CCOCC2)c(Br)cc1[N+](=O)[O-]. The molecule has 1 heterocycles. The first kappa shape index (κ1) is 15.3. The van der Waals surface area contributed by atoms with E-state index in [0.29, 0.717) is 5.56 Å². The van der Waals surface area contributed by atoms with Crippen molar-refractivity contribution in [2.24, 2.45) is 5.41 Å². The van der Waals surface area contributed by atoms with Crippen molar-refractivity contribution < 1.29 is 9.66 Å². The smallest absolute Gasteiger partial charge is 0.273 e. The second-order valence-corrected chi connectivity index (χ2v) is 6.51. The number of nitrogens with zero attached hydrogens (tertiary/aromatic N) is 1. The van der Waals surface area contributed by atoms with Gasteiger partial charge < -0.3 is 10.1 Å². The van der Waals surface area contributed by atoms with Gasteiger partial charge in [-0.2, -0.15) is 0 Å². The number of rotatable bonds is 4. The van der Waals surface area contributed by atoms with Crippen LogP contribution >= 0.6 is 15.9 Å². The van der Waals surface area contributed by atoms with Crippen molar-refractivity contribution in [3.05, 3.63) is 32.3 Å². The van der Waals surface area contributed by atoms with E-state index in [1.165, 1.54) is 0 Å². The second-order valence-electron chi connectivity index (χ2n) is 5.65. The Kier molecular flexibility index (Phi) is 4.65. The Hall–Kier alpha value is -1.14. The third-order valence-electron chi connectivity index (χ3n) is 3.89. The van der Waals surface area contributed by atoms with Crippen LogP contribution in [0.15, 0.2) is 16.6 Å². The average Bonchev–Trinajstić information content (AvgIpc) is 2.40. The Bertz CT molecular complexity index is 513. The van der Waals surface area contributed by atoms with Crippen LogP contribution in [-0.4, -0.2) is 24.7 Å². The number of nitro groups is 1. The molecular formula is C14H19BrN2O3. The van der Waals surface area contributed by atoms with Gasteiger partial charge in [0.05, 0.1) is 4.92 Å². The molecule has 0 aliphatic carbocycles. The van der Waals surface area contributed by atoms with Gasteiger partial charge in [-0.05, 0) is 47.2 Å². The van der Waals surface area contributed by atoms with E-state index >= 15 is 0 Å². The van der Waals surface area contributed by atoms with Gasteiger partial charge >= 0.3 is 0 Å². The highest BCUT2D eigenvalue weighted by atomic mass is 79.9. The van der Waals surface area contributed by atoms with E-state index in [2.05, 4.69) is 28.2 Å². The van der Waals surface area contributed by atoms with Gasteiger partial charge in [0.15, 0.2) is 0 Å². The summed E-state index contributed by atoms with van der Waals surface area (Å²) in [5.74, 6) is 0. The predicted octanol–water partition coefficient (Wildman–Crippen LogP) is 3.89. The van der Waals surface area contributed by atoms with E-state index in [-0.39, 0.29) is 16.0 Å². The fraction of sp³-hybridized carbons (Fsp3) is 0.571. The van der Waals surface area contributed by atoms with Crippen LogP contribution in [0.4, 0.5) is 11.4 Å². The summed E-state index contributed by atoms with van der Waals surface area (Å²) >= 11 is 3.40. The topological polar surface area (TPSA) is 64.4 Å². The normalized spacial score (nSPS) is 17.8. The summed E-state index contributed by atoms with van der Waals surface area (Å²) in [6, 6.07) is 3.38. The molecule has 0 bridgehead atoms. The molecule has 1 aliphatic heterocycles. The Labute approximate surface area is 127 Å². The molecule has 0 spiro atoms. The van der Waals surface area contributed by atoms with Crippen LogP contribution in [0.3, 0.4) is 0 Å². The second kappa shape index (κ2) is 6.10. The van der Waals surface area contributed by atoms with Crippen molar-refractivity contribution >= 4 is 27.3 Å². The van der Waals surface area contributed by atoms with E-state index < -0.39 is 0 Å². The van der Waals surface area contributed by atoms with Gasteiger partial charge in [-0.1, -0.05) is 6.92 Å². The molecule has 0 radical (unpaired) electrons. The molecule has 5 nitrogen and oxygen atoms in total. The number of aryl methyl sites for hydroxylation is 1. The Balaban J connectivity index is 2.10. The van der Waals surface area contributed by atoms with Gasteiger partial charge in [-0.15, -0.1) is 0 Å². The van der Waals surface area contributed by atoms with Crippen LogP contribution in [0.5, 0.6) is 0 Å². The minimum atomic E-state index is -0.357. The third-order valence-corrected chi connectivity index (χ3v) is 4.54. The monoisotopic (exact) mass is 342 g/mol. The number of hydrogen-bond donors (Lipinski definition) is 1. The molecule has 0 atom stereocenters. The van der Waals surface area contributed by atoms with Crippen LogP contribution in [0, 0.1) is 22.5 Å². The lowest BCUT2D eigenvalue weighted by molar-refractivity contribution is -0.385. The molecule has 1 saturated heterocycles. The molecule has 6 heteroatoms. The van der Waals surface area contributed by atoms with E-state index in [9.17, 15) is 10.1 Å². The molecule has 0 amide bonds. The lowest BCUT2D eigenvalue weighted by atomic mass is 9.82. The fourth-order valence-electron chi connectivity index (χ4n) is 2.35. The first-order chi connectivity index (χ1) is 9.41. The van der Waals surface area contributed by atoms with E-state index in [1.54, 1.807) is 13.0 Å². The van der Waals surface area contributed by atoms with Crippen molar-refractivity contribution in [1.82, 2.24) is 0 Å². The maximum atomic E-state index is 10.9. The van der Waals surface area contributed by atoms with Gasteiger partial charge in [-0.3, -0.25) is 10.1 Å². The van der Waals surface area contributed by atoms with Crippen LogP contribution < -0.4 is 5.32 Å². The highest BCUT2D eigenvalue weighted by Crippen LogP contribution is 2.34. The van der Waals surface area contributed by atoms with Crippen LogP contribution in [0.25, 0.3) is 0 Å². The molecule has 1 aromatic carbocycles. The molecule has 1 N–H and O–H groups in total.